The van der Waals surface area contributed by atoms with Gasteiger partial charge in [0.1, 0.15) is 153 Å². The van der Waals surface area contributed by atoms with Gasteiger partial charge in [0.2, 0.25) is 6.29 Å². The van der Waals surface area contributed by atoms with Crippen molar-refractivity contribution in [2.24, 2.45) is 33.8 Å². The summed E-state index contributed by atoms with van der Waals surface area (Å²) in [5.41, 5.74) is 5.29. The van der Waals surface area contributed by atoms with E-state index in [-0.39, 0.29) is 31.6 Å². The van der Waals surface area contributed by atoms with E-state index in [4.69, 9.17) is 81.5 Å². The van der Waals surface area contributed by atoms with Gasteiger partial charge in [-0.05, 0) is 82.5 Å². The Bertz CT molecular complexity index is 3100. The first-order valence-electron chi connectivity index (χ1n) is 38.9. The van der Waals surface area contributed by atoms with Crippen molar-refractivity contribution in [2.45, 2.75) is 367 Å². The number of amides is 2. The molecular formula is C72H122N2O40. The van der Waals surface area contributed by atoms with E-state index in [1.54, 1.807) is 12.4 Å². The third kappa shape index (κ3) is 20.3. The monoisotopic (exact) mass is 1650 g/mol. The number of hydrogen-bond donors (Lipinski definition) is 22. The maximum atomic E-state index is 15.6. The lowest BCUT2D eigenvalue weighted by atomic mass is 9.51. The van der Waals surface area contributed by atoms with Crippen LogP contribution >= 0.6 is 0 Å². The highest BCUT2D eigenvalue weighted by molar-refractivity contribution is 5.82. The fourth-order valence-corrected chi connectivity index (χ4v) is 16.9. The number of hydrogen-bond acceptors (Lipinski definition) is 40. The third-order valence-corrected chi connectivity index (χ3v) is 24.7. The van der Waals surface area contributed by atoms with Gasteiger partial charge < -0.3 is 188 Å². The molecule has 8 fully saturated rings. The van der Waals surface area contributed by atoms with E-state index in [0.717, 1.165) is 5.57 Å². The number of nitrogens with one attached hydrogen (secondary N) is 1. The van der Waals surface area contributed by atoms with Crippen LogP contribution in [0.5, 0.6) is 0 Å². The lowest BCUT2D eigenvalue weighted by Crippen LogP contribution is -2.68. The molecule has 42 nitrogen and oxygen atoms in total. The van der Waals surface area contributed by atoms with Gasteiger partial charge >= 0.3 is 12.1 Å². The van der Waals surface area contributed by atoms with Crippen molar-refractivity contribution in [3.63, 3.8) is 0 Å². The van der Waals surface area contributed by atoms with Crippen LogP contribution in [0.3, 0.4) is 0 Å². The number of rotatable bonds is 28. The molecule has 9 aliphatic rings. The first-order valence-corrected chi connectivity index (χ1v) is 38.9. The van der Waals surface area contributed by atoms with Crippen molar-refractivity contribution in [3.8, 4) is 0 Å². The van der Waals surface area contributed by atoms with Crippen molar-refractivity contribution in [3.05, 3.63) is 11.6 Å². The number of aliphatic hydroxyl groups excluding tert-OH is 20. The molecule has 42 heteroatoms. The normalized spacial score (nSPS) is 48.2. The second kappa shape index (κ2) is 39.6. The molecule has 0 aromatic rings. The van der Waals surface area contributed by atoms with Gasteiger partial charge in [0, 0.05) is 5.41 Å². The number of allylic oxidation sites excluding steroid dienone is 2. The molecule has 0 saturated carbocycles. The van der Waals surface area contributed by atoms with E-state index in [1.807, 2.05) is 41.5 Å². The molecule has 27 unspecified atom stereocenters. The minimum atomic E-state index is -2.26. The topological polar surface area (TPSA) is 651 Å². The maximum absolute atomic E-state index is 15.6. The Hall–Kier alpha value is -3.45. The predicted octanol–water partition coefficient (Wildman–Crippen LogP) is -7.63. The van der Waals surface area contributed by atoms with Crippen LogP contribution in [-0.2, 0) is 90.2 Å². The summed E-state index contributed by atoms with van der Waals surface area (Å²) >= 11 is 0. The van der Waals surface area contributed by atoms with Crippen LogP contribution in [-0.4, -0.2) is 386 Å². The summed E-state index contributed by atoms with van der Waals surface area (Å²) in [7, 11) is 0. The Morgan fingerprint density at radius 2 is 0.991 bits per heavy atom. The number of carbonyl (C=O) groups excluding carboxylic acids is 3. The van der Waals surface area contributed by atoms with Crippen LogP contribution in [0.25, 0.3) is 0 Å². The number of hydroxylamine groups is 1. The molecule has 114 heavy (non-hydrogen) atoms. The Morgan fingerprint density at radius 3 is 1.54 bits per heavy atom. The Kier molecular flexibility index (Phi) is 32.8. The zero-order valence-electron chi connectivity index (χ0n) is 65.4. The van der Waals surface area contributed by atoms with Crippen LogP contribution in [0.15, 0.2) is 11.6 Å². The summed E-state index contributed by atoms with van der Waals surface area (Å²) in [6.45, 7) is 16.8. The molecule has 23 N–H and O–H groups in total. The zero-order valence-corrected chi connectivity index (χ0v) is 65.4. The van der Waals surface area contributed by atoms with Crippen molar-refractivity contribution in [1.29, 1.82) is 0 Å². The third-order valence-electron chi connectivity index (χ3n) is 24.7. The van der Waals surface area contributed by atoms with E-state index in [2.05, 4.69) is 17.8 Å². The van der Waals surface area contributed by atoms with E-state index < -0.39 is 306 Å². The maximum Gasteiger partial charge on any atom is 0.428 e. The fraction of sp³-hybridized carbons (Fsp3) is 0.931. The largest absolute Gasteiger partial charge is 0.433 e. The second-order valence-corrected chi connectivity index (χ2v) is 32.6. The number of esters is 1. The molecule has 9 rings (SSSR count). The zero-order chi connectivity index (χ0) is 84.4. The minimum Gasteiger partial charge on any atom is -0.433 e. The van der Waals surface area contributed by atoms with Gasteiger partial charge in [0.15, 0.2) is 56.2 Å². The highest BCUT2D eigenvalue weighted by Crippen LogP contribution is 2.61. The van der Waals surface area contributed by atoms with Gasteiger partial charge in [-0.1, -0.05) is 73.0 Å². The molecule has 1 aliphatic carbocycles. The van der Waals surface area contributed by atoms with Crippen LogP contribution in [0, 0.1) is 28.1 Å². The standard InChI is InChI=1S/C72H122N2O40/c1-12-30-16-15-25(4)72(24-70(9,10)14-3,29(8)71(30,11)18-17-31(13-2)103-68-59(113-64-49(92)44(87)41(84)34(20-75)104-64)55(50(93)57(111-68)60(96)74-114-69(73)97)109-63-48(91)43(86)37(80)26(5)100-63)19-36(79)106-67-58(45(88)38(81)27(6)101-67)112-65-52(95)56(53(28(7)102-65)107-61-46(89)39(82)32(77)22-98-61)110-66-51(94)54(42(85)35(21-76)105-66)108-62-47(90)40(83)33(78)23-99-62/h15,26-35,37-59,61-68,75-78,80-95H,12-14,16-24H2,1-11H3,(H2,73,97)(H,74,96)/t26?,27?,28?,29?,30?,31-,32-,33-,34?,35?,37?,38+,39?,40?,41+,42-,43?,44?,45?,46?,47?,48?,49?,50+,51?,52+,53+,54?,55?,56?,57?,58?,59?,61+,62+,63?,64+,65?,66+,67+,68-,71?,72-/m1/s1. The fourth-order valence-electron chi connectivity index (χ4n) is 16.9. The first kappa shape index (κ1) is 94.4. The summed E-state index contributed by atoms with van der Waals surface area (Å²) in [4.78, 5) is 45.9. The number of nitrogens with two attached hydrogens (primary N) is 1. The van der Waals surface area contributed by atoms with Gasteiger partial charge in [0.25, 0.3) is 5.91 Å². The van der Waals surface area contributed by atoms with E-state index in [9.17, 15) is 112 Å². The van der Waals surface area contributed by atoms with E-state index >= 15 is 4.79 Å². The summed E-state index contributed by atoms with van der Waals surface area (Å²) in [5, 5.41) is 221. The molecule has 0 spiro atoms. The Morgan fingerprint density at radius 1 is 0.526 bits per heavy atom. The smallest absolute Gasteiger partial charge is 0.428 e. The average molecular weight is 1660 g/mol. The van der Waals surface area contributed by atoms with Crippen LogP contribution in [0.4, 0.5) is 4.79 Å². The van der Waals surface area contributed by atoms with Crippen LogP contribution in [0.2, 0.25) is 0 Å². The Labute approximate surface area is 657 Å². The van der Waals surface area contributed by atoms with E-state index in [1.165, 1.54) is 20.8 Å². The SMILES string of the molecule is CCC1CC=C(C)[C@@](CC(=O)O[C@@H]2OC(C)[C@H](O)C(O)C2OC2OC(C)[C@H](O[C@@H]3OC[C@@H](O)C(O)C3O)C(O[C@@H]3OC(CO)[C@@H](O)C(O[C@@H]4OC[C@@H](O)C(O)C4O)C3O)[C@@H]2O)(CC(C)(C)CC)C(C)C1(C)CC[C@@H](CC)O[C@@H]1OC(C(=O)NOC(N)=O)[C@@H](O)C(OC2OC(C)C(O)C(O)C2O)C1O[C@@H]1OC(CO)[C@H](O)C(O)C1O. The quantitative estimate of drug-likeness (QED) is 0.0197. The molecule has 8 aliphatic heterocycles. The van der Waals surface area contributed by atoms with Gasteiger partial charge in [-0.2, -0.15) is 5.48 Å². The van der Waals surface area contributed by atoms with Crippen LogP contribution < -0.4 is 11.2 Å². The highest BCUT2D eigenvalue weighted by atomic mass is 16.8. The van der Waals surface area contributed by atoms with Crippen LogP contribution in [0.1, 0.15) is 128 Å². The number of ether oxygens (including phenoxy) is 16. The summed E-state index contributed by atoms with van der Waals surface area (Å²) < 4.78 is 97.0. The molecule has 0 bridgehead atoms. The van der Waals surface area contributed by atoms with Crippen molar-refractivity contribution in [2.75, 3.05) is 26.4 Å². The van der Waals surface area contributed by atoms with Gasteiger partial charge in [0.05, 0.1) is 57.3 Å². The summed E-state index contributed by atoms with van der Waals surface area (Å²) in [6, 6.07) is 0. The molecule has 43 atom stereocenters. The lowest BCUT2D eigenvalue weighted by molar-refractivity contribution is -0.399. The van der Waals surface area contributed by atoms with Crippen molar-refractivity contribution in [1.82, 2.24) is 5.48 Å². The molecular weight excluding hydrogens is 1530 g/mol. The lowest BCUT2D eigenvalue weighted by Gasteiger charge is -2.53. The van der Waals surface area contributed by atoms with Gasteiger partial charge in [-0.25, -0.2) is 4.79 Å². The van der Waals surface area contributed by atoms with E-state index in [0.29, 0.717) is 25.7 Å². The molecule has 0 aromatic heterocycles. The summed E-state index contributed by atoms with van der Waals surface area (Å²) in [6.07, 6.45) is -69.4. The molecule has 0 radical (unpaired) electrons. The Balaban J connectivity index is 1.01. The molecule has 660 valence electrons. The number of primary amides is 1. The molecule has 2 amide bonds. The van der Waals surface area contributed by atoms with Crippen molar-refractivity contribution >= 4 is 18.0 Å². The van der Waals surface area contributed by atoms with Gasteiger partial charge in [-0.15, -0.1) is 0 Å². The van der Waals surface area contributed by atoms with Gasteiger partial charge in [-0.3, -0.25) is 9.59 Å². The number of carbonyl (C=O) groups is 3. The highest BCUT2D eigenvalue weighted by Gasteiger charge is 2.61. The molecule has 8 saturated heterocycles. The molecule has 8 heterocycles. The second-order valence-electron chi connectivity index (χ2n) is 32.6. The summed E-state index contributed by atoms with van der Waals surface area (Å²) in [5.74, 6) is -2.92. The minimum absolute atomic E-state index is 0.122. The average Bonchev–Trinajstić information content (AvgIpc) is 1.45. The van der Waals surface area contributed by atoms with Crippen molar-refractivity contribution < 1.29 is 197 Å². The predicted molar refractivity (Wildman–Crippen MR) is 374 cm³/mol. The first-order chi connectivity index (χ1) is 53.5. The number of aliphatic hydroxyl groups is 20. The molecule has 0 aromatic carbocycles.